The van der Waals surface area contributed by atoms with Crippen LogP contribution < -0.4 is 15.2 Å². The van der Waals surface area contributed by atoms with Crippen molar-refractivity contribution in [1.82, 2.24) is 9.97 Å². The number of rotatable bonds is 3. The minimum atomic E-state index is -0.547. The second-order valence-corrected chi connectivity index (χ2v) is 5.30. The molecule has 22 heavy (non-hydrogen) atoms. The molecule has 0 atom stereocenters. The van der Waals surface area contributed by atoms with Crippen molar-refractivity contribution in [1.29, 1.82) is 0 Å². The number of hydrogen-bond acceptors (Lipinski definition) is 5. The summed E-state index contributed by atoms with van der Waals surface area (Å²) in [5.74, 6) is 0.280. The van der Waals surface area contributed by atoms with Gasteiger partial charge in [0.2, 0.25) is 5.88 Å². The lowest BCUT2D eigenvalue weighted by atomic mass is 10.3. The molecule has 2 aromatic heterocycles. The fourth-order valence-electron chi connectivity index (χ4n) is 1.95. The zero-order valence-electron chi connectivity index (χ0n) is 11.5. The number of halogens is 2. The standard InChI is InChI=1S/C15H11BrFN3O2/c1-21-15-9(16)7-11-14(20-15)13(4-5-19-11)22-12-3-2-8(18)6-10(12)17/h2-7H,18H2,1H3. The van der Waals surface area contributed by atoms with Crippen LogP contribution in [0.3, 0.4) is 0 Å². The molecule has 2 heterocycles. The summed E-state index contributed by atoms with van der Waals surface area (Å²) in [4.78, 5) is 8.55. The lowest BCUT2D eigenvalue weighted by Gasteiger charge is -2.10. The molecule has 1 aromatic carbocycles. The number of anilines is 1. The zero-order chi connectivity index (χ0) is 15.7. The normalized spacial score (nSPS) is 10.7. The van der Waals surface area contributed by atoms with Crippen molar-refractivity contribution in [3.8, 4) is 17.4 Å². The van der Waals surface area contributed by atoms with Crippen molar-refractivity contribution < 1.29 is 13.9 Å². The highest BCUT2D eigenvalue weighted by Crippen LogP contribution is 2.33. The number of pyridine rings is 2. The van der Waals surface area contributed by atoms with Gasteiger partial charge in [-0.3, -0.25) is 4.98 Å². The van der Waals surface area contributed by atoms with E-state index < -0.39 is 5.82 Å². The van der Waals surface area contributed by atoms with Crippen LogP contribution in [0.15, 0.2) is 41.0 Å². The maximum absolute atomic E-state index is 13.9. The number of fused-ring (bicyclic) bond motifs is 1. The molecule has 0 amide bonds. The van der Waals surface area contributed by atoms with E-state index in [1.165, 1.54) is 19.2 Å². The minimum Gasteiger partial charge on any atom is -0.480 e. The van der Waals surface area contributed by atoms with Gasteiger partial charge >= 0.3 is 0 Å². The molecule has 3 rings (SSSR count). The smallest absolute Gasteiger partial charge is 0.228 e. The van der Waals surface area contributed by atoms with Crippen molar-refractivity contribution in [3.05, 3.63) is 46.8 Å². The second kappa shape index (κ2) is 5.76. The molecule has 2 N–H and O–H groups in total. The molecule has 112 valence electrons. The van der Waals surface area contributed by atoms with E-state index in [0.717, 1.165) is 0 Å². The van der Waals surface area contributed by atoms with Crippen molar-refractivity contribution in [2.24, 2.45) is 0 Å². The van der Waals surface area contributed by atoms with Crippen LogP contribution in [0, 0.1) is 5.82 Å². The first-order valence-electron chi connectivity index (χ1n) is 6.30. The van der Waals surface area contributed by atoms with Gasteiger partial charge in [-0.15, -0.1) is 0 Å². The Hall–Kier alpha value is -2.41. The molecular formula is C15H11BrFN3O2. The molecule has 5 nitrogen and oxygen atoms in total. The van der Waals surface area contributed by atoms with E-state index in [0.29, 0.717) is 32.8 Å². The number of aromatic nitrogens is 2. The average Bonchev–Trinajstić information content (AvgIpc) is 2.49. The van der Waals surface area contributed by atoms with E-state index in [1.54, 1.807) is 24.4 Å². The Labute approximate surface area is 134 Å². The van der Waals surface area contributed by atoms with Gasteiger partial charge in [0.05, 0.1) is 17.1 Å². The Morgan fingerprint density at radius 1 is 1.18 bits per heavy atom. The molecular weight excluding hydrogens is 353 g/mol. The first-order valence-corrected chi connectivity index (χ1v) is 7.10. The van der Waals surface area contributed by atoms with Crippen LogP contribution in [0.4, 0.5) is 10.1 Å². The molecule has 0 unspecified atom stereocenters. The minimum absolute atomic E-state index is 0.0605. The van der Waals surface area contributed by atoms with E-state index in [9.17, 15) is 4.39 Å². The van der Waals surface area contributed by atoms with Crippen LogP contribution in [0.5, 0.6) is 17.4 Å². The SMILES string of the molecule is COc1nc2c(Oc3ccc(N)cc3F)ccnc2cc1Br. The molecule has 0 saturated carbocycles. The summed E-state index contributed by atoms with van der Waals surface area (Å²) >= 11 is 3.35. The summed E-state index contributed by atoms with van der Waals surface area (Å²) < 4.78 is 25.3. The molecule has 7 heteroatoms. The summed E-state index contributed by atoms with van der Waals surface area (Å²) in [6.07, 6.45) is 1.56. The molecule has 3 aromatic rings. The van der Waals surface area contributed by atoms with Gasteiger partial charge in [0.15, 0.2) is 17.3 Å². The van der Waals surface area contributed by atoms with E-state index in [2.05, 4.69) is 25.9 Å². The number of nitrogens with two attached hydrogens (primary N) is 1. The predicted octanol–water partition coefficient (Wildman–Crippen LogP) is 3.91. The van der Waals surface area contributed by atoms with Gasteiger partial charge in [-0.2, -0.15) is 0 Å². The largest absolute Gasteiger partial charge is 0.480 e. The number of nitrogens with zero attached hydrogens (tertiary/aromatic N) is 2. The highest BCUT2D eigenvalue weighted by atomic mass is 79.9. The van der Waals surface area contributed by atoms with E-state index in [-0.39, 0.29) is 5.75 Å². The van der Waals surface area contributed by atoms with Gasteiger partial charge in [0, 0.05) is 24.0 Å². The van der Waals surface area contributed by atoms with E-state index >= 15 is 0 Å². The number of methoxy groups -OCH3 is 1. The Morgan fingerprint density at radius 2 is 2.00 bits per heavy atom. The zero-order valence-corrected chi connectivity index (χ0v) is 13.1. The summed E-state index contributed by atoms with van der Waals surface area (Å²) in [6, 6.07) is 7.59. The van der Waals surface area contributed by atoms with Crippen LogP contribution in [0.1, 0.15) is 0 Å². The quantitative estimate of drug-likeness (QED) is 0.714. The van der Waals surface area contributed by atoms with Gasteiger partial charge in [-0.1, -0.05) is 0 Å². The Balaban J connectivity index is 2.10. The maximum Gasteiger partial charge on any atom is 0.228 e. The lowest BCUT2D eigenvalue weighted by molar-refractivity contribution is 0.395. The van der Waals surface area contributed by atoms with Crippen LogP contribution in [0.2, 0.25) is 0 Å². The van der Waals surface area contributed by atoms with Gasteiger partial charge in [0.1, 0.15) is 5.52 Å². The number of nitrogen functional groups attached to an aromatic ring is 1. The Bertz CT molecular complexity index is 858. The highest BCUT2D eigenvalue weighted by Gasteiger charge is 2.13. The van der Waals surface area contributed by atoms with Crippen molar-refractivity contribution >= 4 is 32.7 Å². The topological polar surface area (TPSA) is 70.3 Å². The van der Waals surface area contributed by atoms with Gasteiger partial charge < -0.3 is 15.2 Å². The molecule has 0 aliphatic heterocycles. The third kappa shape index (κ3) is 2.67. The van der Waals surface area contributed by atoms with Crippen LogP contribution in [-0.4, -0.2) is 17.1 Å². The van der Waals surface area contributed by atoms with Crippen LogP contribution in [-0.2, 0) is 0 Å². The molecule has 0 radical (unpaired) electrons. The van der Waals surface area contributed by atoms with Crippen molar-refractivity contribution in [3.63, 3.8) is 0 Å². The Kier molecular flexibility index (Phi) is 3.81. The molecule has 0 fully saturated rings. The maximum atomic E-state index is 13.9. The first-order chi connectivity index (χ1) is 10.6. The monoisotopic (exact) mass is 363 g/mol. The number of ether oxygens (including phenoxy) is 2. The fourth-order valence-corrected chi connectivity index (χ4v) is 2.42. The third-order valence-electron chi connectivity index (χ3n) is 2.97. The van der Waals surface area contributed by atoms with Gasteiger partial charge in [-0.25, -0.2) is 9.37 Å². The van der Waals surface area contributed by atoms with Gasteiger partial charge in [-0.05, 0) is 34.1 Å². The summed E-state index contributed by atoms with van der Waals surface area (Å²) in [5, 5.41) is 0. The van der Waals surface area contributed by atoms with E-state index in [1.807, 2.05) is 0 Å². The number of hydrogen-bond donors (Lipinski definition) is 1. The van der Waals surface area contributed by atoms with Crippen molar-refractivity contribution in [2.75, 3.05) is 12.8 Å². The first kappa shape index (κ1) is 14.5. The Morgan fingerprint density at radius 3 is 2.73 bits per heavy atom. The molecule has 0 saturated heterocycles. The second-order valence-electron chi connectivity index (χ2n) is 4.45. The third-order valence-corrected chi connectivity index (χ3v) is 3.53. The number of benzene rings is 1. The fraction of sp³-hybridized carbons (Fsp3) is 0.0667. The molecule has 0 aliphatic carbocycles. The molecule has 0 bridgehead atoms. The lowest BCUT2D eigenvalue weighted by Crippen LogP contribution is -1.96. The summed E-state index contributed by atoms with van der Waals surface area (Å²) in [5.41, 5.74) is 6.92. The van der Waals surface area contributed by atoms with Crippen LogP contribution >= 0.6 is 15.9 Å². The van der Waals surface area contributed by atoms with Crippen LogP contribution in [0.25, 0.3) is 11.0 Å². The van der Waals surface area contributed by atoms with Gasteiger partial charge in [0.25, 0.3) is 0 Å². The molecule has 0 aliphatic rings. The summed E-state index contributed by atoms with van der Waals surface area (Å²) in [7, 11) is 1.51. The summed E-state index contributed by atoms with van der Waals surface area (Å²) in [6.45, 7) is 0. The average molecular weight is 364 g/mol. The van der Waals surface area contributed by atoms with Crippen molar-refractivity contribution in [2.45, 2.75) is 0 Å². The van der Waals surface area contributed by atoms with E-state index in [4.69, 9.17) is 15.2 Å². The predicted molar refractivity (Wildman–Crippen MR) is 84.7 cm³/mol. The highest BCUT2D eigenvalue weighted by molar-refractivity contribution is 9.10. The molecule has 0 spiro atoms.